The second kappa shape index (κ2) is 5.70. The lowest BCUT2D eigenvalue weighted by atomic mass is 9.77. The zero-order chi connectivity index (χ0) is 14.4. The number of hydrogen-bond donors (Lipinski definition) is 2. The highest BCUT2D eigenvalue weighted by atomic mass is 15.1. The summed E-state index contributed by atoms with van der Waals surface area (Å²) in [5.74, 6) is 3.44. The minimum absolute atomic E-state index is 0.725. The molecule has 2 N–H and O–H groups in total. The first kappa shape index (κ1) is 14.3. The average molecular weight is 288 g/mol. The fraction of sp³-hybridized carbons (Fsp3) is 0.895. The summed E-state index contributed by atoms with van der Waals surface area (Å²) in [5, 5.41) is 7.99. The van der Waals surface area contributed by atoms with E-state index in [1.165, 1.54) is 44.9 Å². The van der Waals surface area contributed by atoms with Crippen LogP contribution in [0.3, 0.4) is 0 Å². The highest BCUT2D eigenvalue weighted by Gasteiger charge is 2.45. The van der Waals surface area contributed by atoms with E-state index in [-0.39, 0.29) is 0 Å². The summed E-state index contributed by atoms with van der Waals surface area (Å²) in [4.78, 5) is 0. The molecule has 2 saturated heterocycles. The highest BCUT2D eigenvalue weighted by molar-refractivity contribution is 5.10. The molecular weight excluding hydrogens is 256 g/mol. The molecule has 0 aromatic carbocycles. The lowest BCUT2D eigenvalue weighted by Gasteiger charge is -2.27. The molecule has 4 rings (SSSR count). The molecule has 0 spiro atoms. The van der Waals surface area contributed by atoms with Gasteiger partial charge < -0.3 is 10.6 Å². The van der Waals surface area contributed by atoms with Gasteiger partial charge in [-0.2, -0.15) is 0 Å². The van der Waals surface area contributed by atoms with Gasteiger partial charge in [0.15, 0.2) is 0 Å². The van der Waals surface area contributed by atoms with E-state index in [1.54, 1.807) is 0 Å². The van der Waals surface area contributed by atoms with E-state index in [0.717, 1.165) is 47.8 Å². The van der Waals surface area contributed by atoms with E-state index in [2.05, 4.69) is 36.6 Å². The molecule has 21 heavy (non-hydrogen) atoms. The first-order valence-electron chi connectivity index (χ1n) is 9.43. The number of fused-ring (bicyclic) bond motifs is 2. The monoisotopic (exact) mass is 288 g/mol. The number of nitrogens with one attached hydrogen (secondary N) is 2. The van der Waals surface area contributed by atoms with Crippen molar-refractivity contribution in [3.05, 3.63) is 12.2 Å². The molecule has 8 atom stereocenters. The third-order valence-corrected chi connectivity index (χ3v) is 7.20. The SMILES string of the molecule is CC1C(CC2NC3CCCCC3[C@@H]2C)NC2CCC=C[C@H]21. The summed E-state index contributed by atoms with van der Waals surface area (Å²) >= 11 is 0. The van der Waals surface area contributed by atoms with Crippen molar-refractivity contribution in [2.24, 2.45) is 23.7 Å². The Morgan fingerprint density at radius 1 is 0.905 bits per heavy atom. The first-order valence-corrected chi connectivity index (χ1v) is 9.43. The van der Waals surface area contributed by atoms with Gasteiger partial charge in [0.2, 0.25) is 0 Å². The largest absolute Gasteiger partial charge is 0.311 e. The molecule has 2 nitrogen and oxygen atoms in total. The normalized spacial score (nSPS) is 52.7. The Balaban J connectivity index is 1.41. The molecule has 4 aliphatic rings. The fourth-order valence-corrected chi connectivity index (χ4v) is 5.85. The molecule has 3 fully saturated rings. The van der Waals surface area contributed by atoms with E-state index in [4.69, 9.17) is 0 Å². The van der Waals surface area contributed by atoms with Gasteiger partial charge in [-0.15, -0.1) is 0 Å². The van der Waals surface area contributed by atoms with Gasteiger partial charge in [0.25, 0.3) is 0 Å². The van der Waals surface area contributed by atoms with Crippen LogP contribution in [-0.2, 0) is 0 Å². The Kier molecular flexibility index (Phi) is 3.87. The van der Waals surface area contributed by atoms with Crippen molar-refractivity contribution in [2.75, 3.05) is 0 Å². The minimum atomic E-state index is 0.725. The zero-order valence-corrected chi connectivity index (χ0v) is 13.7. The van der Waals surface area contributed by atoms with E-state index in [0.29, 0.717) is 0 Å². The van der Waals surface area contributed by atoms with E-state index >= 15 is 0 Å². The van der Waals surface area contributed by atoms with E-state index < -0.39 is 0 Å². The van der Waals surface area contributed by atoms with Crippen molar-refractivity contribution in [1.82, 2.24) is 10.6 Å². The molecular formula is C19H32N2. The third kappa shape index (κ3) is 2.49. The predicted octanol–water partition coefficient (Wildman–Crippen LogP) is 3.49. The van der Waals surface area contributed by atoms with Crippen molar-refractivity contribution in [1.29, 1.82) is 0 Å². The van der Waals surface area contributed by atoms with Crippen LogP contribution < -0.4 is 10.6 Å². The highest BCUT2D eigenvalue weighted by Crippen LogP contribution is 2.41. The molecule has 2 aliphatic carbocycles. The van der Waals surface area contributed by atoms with Gasteiger partial charge in [-0.1, -0.05) is 38.8 Å². The van der Waals surface area contributed by atoms with Crippen LogP contribution >= 0.6 is 0 Å². The molecule has 2 aliphatic heterocycles. The van der Waals surface area contributed by atoms with Crippen LogP contribution in [-0.4, -0.2) is 24.2 Å². The summed E-state index contributed by atoms with van der Waals surface area (Å²) in [6.45, 7) is 4.99. The number of rotatable bonds is 2. The van der Waals surface area contributed by atoms with Gasteiger partial charge in [-0.25, -0.2) is 0 Å². The molecule has 118 valence electrons. The molecule has 0 aromatic rings. The van der Waals surface area contributed by atoms with Crippen LogP contribution in [0.15, 0.2) is 12.2 Å². The number of allylic oxidation sites excluding steroid dienone is 1. The molecule has 2 heterocycles. The van der Waals surface area contributed by atoms with Crippen LogP contribution in [0.2, 0.25) is 0 Å². The summed E-state index contributed by atoms with van der Waals surface area (Å²) in [5.41, 5.74) is 0. The molecule has 1 saturated carbocycles. The molecule has 0 aromatic heterocycles. The van der Waals surface area contributed by atoms with Crippen molar-refractivity contribution in [2.45, 2.75) is 83.0 Å². The van der Waals surface area contributed by atoms with Crippen LogP contribution in [0.5, 0.6) is 0 Å². The van der Waals surface area contributed by atoms with Crippen LogP contribution in [0.4, 0.5) is 0 Å². The molecule has 0 bridgehead atoms. The standard InChI is InChI=1S/C19H32N2/c1-12-14-7-3-5-9-16(14)20-18(12)11-19-13(2)15-8-4-6-10-17(15)21-19/h3,7,12-21H,4-6,8-11H2,1-2H3/t12?,13-,14-,15?,16?,17?,18?,19?/m0/s1. The van der Waals surface area contributed by atoms with E-state index in [1.807, 2.05) is 0 Å². The Morgan fingerprint density at radius 3 is 2.48 bits per heavy atom. The average Bonchev–Trinajstić information content (AvgIpc) is 2.99. The maximum absolute atomic E-state index is 4.01. The van der Waals surface area contributed by atoms with Gasteiger partial charge in [0.1, 0.15) is 0 Å². The predicted molar refractivity (Wildman–Crippen MR) is 88.2 cm³/mol. The van der Waals surface area contributed by atoms with E-state index in [9.17, 15) is 0 Å². The molecule has 0 amide bonds. The Morgan fingerprint density at radius 2 is 1.67 bits per heavy atom. The second-order valence-corrected chi connectivity index (χ2v) is 8.24. The van der Waals surface area contributed by atoms with Crippen LogP contribution in [0.25, 0.3) is 0 Å². The summed E-state index contributed by atoms with van der Waals surface area (Å²) < 4.78 is 0. The van der Waals surface area contributed by atoms with Gasteiger partial charge in [-0.3, -0.25) is 0 Å². The van der Waals surface area contributed by atoms with Crippen LogP contribution in [0.1, 0.15) is 58.8 Å². The number of hydrogen-bond acceptors (Lipinski definition) is 2. The quantitative estimate of drug-likeness (QED) is 0.760. The summed E-state index contributed by atoms with van der Waals surface area (Å²) in [7, 11) is 0. The van der Waals surface area contributed by atoms with Crippen molar-refractivity contribution >= 4 is 0 Å². The first-order chi connectivity index (χ1) is 10.2. The zero-order valence-electron chi connectivity index (χ0n) is 13.7. The third-order valence-electron chi connectivity index (χ3n) is 7.20. The maximum Gasteiger partial charge on any atom is 0.0139 e. The topological polar surface area (TPSA) is 24.1 Å². The second-order valence-electron chi connectivity index (χ2n) is 8.24. The Hall–Kier alpha value is -0.340. The smallest absolute Gasteiger partial charge is 0.0139 e. The molecule has 0 radical (unpaired) electrons. The maximum atomic E-state index is 4.01. The molecule has 2 heteroatoms. The van der Waals surface area contributed by atoms with Crippen LogP contribution in [0, 0.1) is 23.7 Å². The van der Waals surface area contributed by atoms with Gasteiger partial charge in [0.05, 0.1) is 0 Å². The minimum Gasteiger partial charge on any atom is -0.311 e. The Bertz CT molecular complexity index is 404. The lowest BCUT2D eigenvalue weighted by molar-refractivity contribution is 0.274. The van der Waals surface area contributed by atoms with Crippen molar-refractivity contribution in [3.8, 4) is 0 Å². The van der Waals surface area contributed by atoms with Crippen molar-refractivity contribution in [3.63, 3.8) is 0 Å². The van der Waals surface area contributed by atoms with Gasteiger partial charge >= 0.3 is 0 Å². The fourth-order valence-electron chi connectivity index (χ4n) is 5.85. The van der Waals surface area contributed by atoms with Crippen molar-refractivity contribution < 1.29 is 0 Å². The van der Waals surface area contributed by atoms with Gasteiger partial charge in [-0.05, 0) is 55.8 Å². The van der Waals surface area contributed by atoms with Gasteiger partial charge in [0, 0.05) is 24.2 Å². The summed E-state index contributed by atoms with van der Waals surface area (Å²) in [6, 6.07) is 3.07. The Labute approximate surface area is 130 Å². The summed E-state index contributed by atoms with van der Waals surface area (Å²) in [6.07, 6.45) is 14.7. The lowest BCUT2D eigenvalue weighted by Crippen LogP contribution is -2.40. The molecule has 6 unspecified atom stereocenters.